The van der Waals surface area contributed by atoms with E-state index in [1.807, 2.05) is 6.20 Å². The highest BCUT2D eigenvalue weighted by Crippen LogP contribution is 2.68. The van der Waals surface area contributed by atoms with Crippen LogP contribution < -0.4 is 4.90 Å². The van der Waals surface area contributed by atoms with Crippen molar-refractivity contribution in [3.05, 3.63) is 23.9 Å². The topological polar surface area (TPSA) is 16.1 Å². The van der Waals surface area contributed by atoms with Crippen molar-refractivity contribution < 1.29 is 0 Å². The smallest absolute Gasteiger partial charge is 0.133 e. The highest BCUT2D eigenvalue weighted by atomic mass is 15.3. The lowest BCUT2D eigenvalue weighted by atomic mass is 9.42. The Balaban J connectivity index is 1.72. The molecule has 1 aliphatic heterocycles. The summed E-state index contributed by atoms with van der Waals surface area (Å²) in [4.78, 5) is 7.55. The summed E-state index contributed by atoms with van der Waals surface area (Å²) in [6.07, 6.45) is 9.43. The fourth-order valence-corrected chi connectivity index (χ4v) is 7.53. The number of rotatable bonds is 0. The molecule has 0 aromatic carbocycles. The maximum Gasteiger partial charge on any atom is 0.133 e. The van der Waals surface area contributed by atoms with Gasteiger partial charge in [0, 0.05) is 28.8 Å². The van der Waals surface area contributed by atoms with Gasteiger partial charge >= 0.3 is 0 Å². The molecule has 0 N–H and O–H groups in total. The predicted octanol–water partition coefficient (Wildman–Crippen LogP) is 4.78. The lowest BCUT2D eigenvalue weighted by molar-refractivity contribution is -0.0675. The zero-order valence-corrected chi connectivity index (χ0v) is 15.0. The van der Waals surface area contributed by atoms with E-state index in [9.17, 15) is 0 Å². The van der Waals surface area contributed by atoms with E-state index < -0.39 is 0 Å². The Hall–Kier alpha value is -1.05. The molecule has 0 amide bonds. The van der Waals surface area contributed by atoms with Gasteiger partial charge in [0.05, 0.1) is 0 Å². The van der Waals surface area contributed by atoms with Gasteiger partial charge in [-0.05, 0) is 89.5 Å². The summed E-state index contributed by atoms with van der Waals surface area (Å²) in [5.41, 5.74) is 2.11. The Morgan fingerprint density at radius 2 is 1.65 bits per heavy atom. The van der Waals surface area contributed by atoms with E-state index in [1.165, 1.54) is 37.9 Å². The average Bonchev–Trinajstić information content (AvgIpc) is 2.73. The number of hydrogen-bond acceptors (Lipinski definition) is 2. The molecule has 1 atom stereocenters. The fourth-order valence-electron chi connectivity index (χ4n) is 7.53. The minimum Gasteiger partial charge on any atom is -0.348 e. The highest BCUT2D eigenvalue weighted by Gasteiger charge is 2.65. The minimum absolute atomic E-state index is 0.140. The Bertz CT molecular complexity index is 613. The first kappa shape index (κ1) is 14.3. The molecule has 5 aliphatic rings. The standard InChI is InChI=1S/C21H30N2/c1-13-21(16-9-14-8-15(11-16)12-17(21)10-14)18-6-5-7-22-19(18)23(13)20(2,3)4/h5-7,13-17H,8-12H2,1-4H3. The van der Waals surface area contributed by atoms with Crippen LogP contribution in [0.25, 0.3) is 0 Å². The second-order valence-electron chi connectivity index (χ2n) is 9.83. The Morgan fingerprint density at radius 1 is 1.04 bits per heavy atom. The number of anilines is 1. The summed E-state index contributed by atoms with van der Waals surface area (Å²) in [5, 5.41) is 0. The quantitative estimate of drug-likeness (QED) is 0.685. The molecule has 4 fully saturated rings. The predicted molar refractivity (Wildman–Crippen MR) is 94.7 cm³/mol. The van der Waals surface area contributed by atoms with Crippen LogP contribution in [-0.4, -0.2) is 16.6 Å². The third-order valence-electron chi connectivity index (χ3n) is 7.77. The van der Waals surface area contributed by atoms with E-state index in [4.69, 9.17) is 4.98 Å². The summed E-state index contributed by atoms with van der Waals surface area (Å²) < 4.78 is 0. The Morgan fingerprint density at radius 3 is 2.22 bits per heavy atom. The van der Waals surface area contributed by atoms with Crippen molar-refractivity contribution in [1.82, 2.24) is 4.98 Å². The maximum absolute atomic E-state index is 4.89. The molecule has 4 bridgehead atoms. The van der Waals surface area contributed by atoms with Crippen molar-refractivity contribution >= 4 is 5.82 Å². The van der Waals surface area contributed by atoms with Crippen molar-refractivity contribution in [3.63, 3.8) is 0 Å². The Kier molecular flexibility index (Phi) is 2.69. The van der Waals surface area contributed by atoms with Crippen molar-refractivity contribution in [2.24, 2.45) is 23.7 Å². The zero-order chi connectivity index (χ0) is 16.0. The molecule has 2 heteroatoms. The molecule has 1 unspecified atom stereocenters. The number of nitrogens with zero attached hydrogens (tertiary/aromatic N) is 2. The van der Waals surface area contributed by atoms with Gasteiger partial charge in [-0.2, -0.15) is 0 Å². The number of hydrogen-bond donors (Lipinski definition) is 0. The van der Waals surface area contributed by atoms with E-state index in [1.54, 1.807) is 5.56 Å². The van der Waals surface area contributed by atoms with E-state index in [2.05, 4.69) is 44.7 Å². The molecule has 4 saturated carbocycles. The van der Waals surface area contributed by atoms with Crippen molar-refractivity contribution in [1.29, 1.82) is 0 Å². The second-order valence-corrected chi connectivity index (χ2v) is 9.83. The molecule has 124 valence electrons. The molecular formula is C21H30N2. The van der Waals surface area contributed by atoms with Crippen LogP contribution in [0, 0.1) is 23.7 Å². The number of aromatic nitrogens is 1. The van der Waals surface area contributed by atoms with Crippen LogP contribution >= 0.6 is 0 Å². The normalized spacial score (nSPS) is 44.2. The van der Waals surface area contributed by atoms with Gasteiger partial charge in [-0.25, -0.2) is 4.98 Å². The monoisotopic (exact) mass is 310 g/mol. The number of fused-ring (bicyclic) bond motifs is 1. The molecule has 1 aromatic rings. The first-order chi connectivity index (χ1) is 10.9. The highest BCUT2D eigenvalue weighted by molar-refractivity contribution is 5.62. The lowest BCUT2D eigenvalue weighted by Crippen LogP contribution is -2.62. The molecule has 1 spiro atoms. The third-order valence-corrected chi connectivity index (χ3v) is 7.77. The van der Waals surface area contributed by atoms with E-state index >= 15 is 0 Å². The maximum atomic E-state index is 4.89. The molecule has 0 saturated heterocycles. The summed E-state index contributed by atoms with van der Waals surface area (Å²) in [6, 6.07) is 5.19. The van der Waals surface area contributed by atoms with E-state index in [0.717, 1.165) is 23.7 Å². The average molecular weight is 310 g/mol. The van der Waals surface area contributed by atoms with Crippen LogP contribution in [0.3, 0.4) is 0 Å². The lowest BCUT2D eigenvalue weighted by Gasteiger charge is -2.62. The molecule has 2 nitrogen and oxygen atoms in total. The van der Waals surface area contributed by atoms with Gasteiger partial charge in [0.25, 0.3) is 0 Å². The second kappa shape index (κ2) is 4.32. The third kappa shape index (κ3) is 1.63. The first-order valence-electron chi connectivity index (χ1n) is 9.67. The molecular weight excluding hydrogens is 280 g/mol. The van der Waals surface area contributed by atoms with Gasteiger partial charge in [0.15, 0.2) is 0 Å². The molecule has 6 rings (SSSR count). The molecule has 0 radical (unpaired) electrons. The Labute approximate surface area is 140 Å². The van der Waals surface area contributed by atoms with Gasteiger partial charge in [-0.1, -0.05) is 6.07 Å². The summed E-state index contributed by atoms with van der Waals surface area (Å²) in [6.45, 7) is 9.58. The van der Waals surface area contributed by atoms with Gasteiger partial charge in [-0.15, -0.1) is 0 Å². The van der Waals surface area contributed by atoms with Gasteiger partial charge in [0.1, 0.15) is 5.82 Å². The van der Waals surface area contributed by atoms with Crippen LogP contribution in [0.15, 0.2) is 18.3 Å². The SMILES string of the molecule is CC1N(C(C)(C)C)c2ncccc2C12C1CC3CC(C1)CC2C3. The van der Waals surface area contributed by atoms with E-state index in [0.29, 0.717) is 11.5 Å². The largest absolute Gasteiger partial charge is 0.348 e. The van der Waals surface area contributed by atoms with Crippen LogP contribution in [-0.2, 0) is 5.41 Å². The van der Waals surface area contributed by atoms with Crippen LogP contribution in [0.5, 0.6) is 0 Å². The van der Waals surface area contributed by atoms with Crippen molar-refractivity contribution in [2.75, 3.05) is 4.90 Å². The summed E-state index contributed by atoms with van der Waals surface area (Å²) in [5.74, 6) is 5.13. The van der Waals surface area contributed by atoms with Crippen LogP contribution in [0.4, 0.5) is 5.82 Å². The van der Waals surface area contributed by atoms with Gasteiger partial charge in [0.2, 0.25) is 0 Å². The fraction of sp³-hybridized carbons (Fsp3) is 0.762. The van der Waals surface area contributed by atoms with E-state index in [-0.39, 0.29) is 5.54 Å². The van der Waals surface area contributed by atoms with Crippen molar-refractivity contribution in [2.45, 2.75) is 76.8 Å². The molecule has 2 heterocycles. The number of pyridine rings is 1. The van der Waals surface area contributed by atoms with Crippen molar-refractivity contribution in [3.8, 4) is 0 Å². The molecule has 1 aromatic heterocycles. The first-order valence-corrected chi connectivity index (χ1v) is 9.67. The minimum atomic E-state index is 0.140. The van der Waals surface area contributed by atoms with Crippen LogP contribution in [0.1, 0.15) is 65.4 Å². The summed E-state index contributed by atoms with van der Waals surface area (Å²) >= 11 is 0. The molecule has 23 heavy (non-hydrogen) atoms. The molecule has 4 aliphatic carbocycles. The zero-order valence-electron chi connectivity index (χ0n) is 15.0. The van der Waals surface area contributed by atoms with Crippen LogP contribution in [0.2, 0.25) is 0 Å². The van der Waals surface area contributed by atoms with Gasteiger partial charge < -0.3 is 4.90 Å². The van der Waals surface area contributed by atoms with Gasteiger partial charge in [-0.3, -0.25) is 0 Å². The summed E-state index contributed by atoms with van der Waals surface area (Å²) in [7, 11) is 0.